The number of aryl methyl sites for hydroxylation is 1. The molecule has 0 aliphatic heterocycles. The van der Waals surface area contributed by atoms with Crippen LogP contribution in [0.3, 0.4) is 0 Å². The summed E-state index contributed by atoms with van der Waals surface area (Å²) in [4.78, 5) is 11.9. The number of rotatable bonds is 5. The number of carbonyl (C=O) groups is 1. The second-order valence-electron chi connectivity index (χ2n) is 5.28. The molecule has 0 atom stereocenters. The Hall–Kier alpha value is -2.46. The fraction of sp³-hybridized carbons (Fsp3) is 0.167. The van der Waals surface area contributed by atoms with Gasteiger partial charge in [0.25, 0.3) is 0 Å². The Kier molecular flexibility index (Phi) is 4.83. The number of carbonyl (C=O) groups excluding carboxylic acids is 1. The molecule has 0 spiro atoms. The normalized spacial score (nSPS) is 10.7. The van der Waals surface area contributed by atoms with Crippen molar-refractivity contribution in [2.45, 2.75) is 13.0 Å². The molecule has 2 N–H and O–H groups in total. The largest absolute Gasteiger partial charge is 0.347 e. The van der Waals surface area contributed by atoms with Crippen molar-refractivity contribution >= 4 is 34.2 Å². The average Bonchev–Trinajstić information content (AvgIpc) is 2.97. The van der Waals surface area contributed by atoms with E-state index in [4.69, 9.17) is 11.6 Å². The summed E-state index contributed by atoms with van der Waals surface area (Å²) in [5.41, 5.74) is 1.83. The number of aromatic nitrogens is 1. The number of benzene rings is 2. The molecule has 3 rings (SSSR count). The van der Waals surface area contributed by atoms with Gasteiger partial charge in [0.15, 0.2) is 0 Å². The van der Waals surface area contributed by atoms with E-state index in [0.717, 1.165) is 13.0 Å². The van der Waals surface area contributed by atoms with E-state index in [0.29, 0.717) is 17.3 Å². The predicted molar refractivity (Wildman–Crippen MR) is 95.0 cm³/mol. The number of nitrogens with one attached hydrogen (secondary N) is 2. The fourth-order valence-electron chi connectivity index (χ4n) is 2.52. The van der Waals surface area contributed by atoms with Crippen LogP contribution >= 0.6 is 11.6 Å². The molecule has 0 aliphatic carbocycles. The summed E-state index contributed by atoms with van der Waals surface area (Å²) in [6.07, 6.45) is 2.93. The summed E-state index contributed by atoms with van der Waals surface area (Å²) >= 11 is 6.01. The van der Waals surface area contributed by atoms with E-state index in [9.17, 15) is 4.79 Å². The van der Waals surface area contributed by atoms with Gasteiger partial charge in [-0.1, -0.05) is 41.9 Å². The SMILES string of the molecule is O=C(NCCCn1ccc2ccccc21)Nc1ccccc1Cl. The predicted octanol–water partition coefficient (Wildman–Crippen LogP) is 4.51. The Morgan fingerprint density at radius 3 is 2.70 bits per heavy atom. The number of hydrogen-bond acceptors (Lipinski definition) is 1. The van der Waals surface area contributed by atoms with Crippen molar-refractivity contribution < 1.29 is 4.79 Å². The number of fused-ring (bicyclic) bond motifs is 1. The van der Waals surface area contributed by atoms with Crippen molar-refractivity contribution in [3.63, 3.8) is 0 Å². The number of anilines is 1. The topological polar surface area (TPSA) is 46.1 Å². The van der Waals surface area contributed by atoms with E-state index in [1.165, 1.54) is 10.9 Å². The molecule has 0 saturated carbocycles. The van der Waals surface area contributed by atoms with Crippen LogP contribution in [0.25, 0.3) is 10.9 Å². The Morgan fingerprint density at radius 1 is 1.04 bits per heavy atom. The summed E-state index contributed by atoms with van der Waals surface area (Å²) in [5, 5.41) is 7.35. The summed E-state index contributed by atoms with van der Waals surface area (Å²) in [6.45, 7) is 1.46. The minimum atomic E-state index is -0.240. The third-order valence-corrected chi connectivity index (χ3v) is 3.99. The first-order valence-electron chi connectivity index (χ1n) is 7.57. The Bertz CT molecular complexity index is 813. The van der Waals surface area contributed by atoms with Crippen molar-refractivity contribution in [1.29, 1.82) is 0 Å². The second-order valence-corrected chi connectivity index (χ2v) is 5.69. The number of nitrogens with zero attached hydrogens (tertiary/aromatic N) is 1. The first-order valence-corrected chi connectivity index (χ1v) is 7.95. The van der Waals surface area contributed by atoms with E-state index < -0.39 is 0 Å². The van der Waals surface area contributed by atoms with Gasteiger partial charge in [-0.3, -0.25) is 0 Å². The molecule has 0 saturated heterocycles. The van der Waals surface area contributed by atoms with Crippen molar-refractivity contribution in [1.82, 2.24) is 9.88 Å². The highest BCUT2D eigenvalue weighted by molar-refractivity contribution is 6.33. The third kappa shape index (κ3) is 3.85. The molecule has 0 unspecified atom stereocenters. The van der Waals surface area contributed by atoms with Crippen LogP contribution in [0.2, 0.25) is 5.02 Å². The summed E-state index contributed by atoms with van der Waals surface area (Å²) in [5.74, 6) is 0. The van der Waals surface area contributed by atoms with E-state index in [1.807, 2.05) is 24.3 Å². The maximum atomic E-state index is 11.9. The molecule has 4 nitrogen and oxygen atoms in total. The van der Waals surface area contributed by atoms with Gasteiger partial charge in [-0.2, -0.15) is 0 Å². The van der Waals surface area contributed by atoms with Crippen LogP contribution in [0.4, 0.5) is 10.5 Å². The highest BCUT2D eigenvalue weighted by Gasteiger charge is 2.04. The lowest BCUT2D eigenvalue weighted by atomic mass is 10.2. The fourth-order valence-corrected chi connectivity index (χ4v) is 2.70. The van der Waals surface area contributed by atoms with E-state index >= 15 is 0 Å². The smallest absolute Gasteiger partial charge is 0.319 e. The van der Waals surface area contributed by atoms with E-state index in [2.05, 4.69) is 39.6 Å². The van der Waals surface area contributed by atoms with Gasteiger partial charge < -0.3 is 15.2 Å². The van der Waals surface area contributed by atoms with Gasteiger partial charge in [-0.25, -0.2) is 4.79 Å². The number of halogens is 1. The Balaban J connectivity index is 1.46. The zero-order valence-corrected chi connectivity index (χ0v) is 13.4. The van der Waals surface area contributed by atoms with Gasteiger partial charge in [0.1, 0.15) is 0 Å². The molecule has 2 aromatic carbocycles. The monoisotopic (exact) mass is 327 g/mol. The zero-order valence-electron chi connectivity index (χ0n) is 12.6. The van der Waals surface area contributed by atoms with Gasteiger partial charge >= 0.3 is 6.03 Å². The minimum Gasteiger partial charge on any atom is -0.347 e. The second kappa shape index (κ2) is 7.20. The van der Waals surface area contributed by atoms with Crippen LogP contribution < -0.4 is 10.6 Å². The lowest BCUT2D eigenvalue weighted by Crippen LogP contribution is -2.30. The number of amides is 2. The lowest BCUT2D eigenvalue weighted by molar-refractivity contribution is 0.252. The molecule has 5 heteroatoms. The summed E-state index contributed by atoms with van der Waals surface area (Å²) < 4.78 is 2.20. The summed E-state index contributed by atoms with van der Waals surface area (Å²) in [6, 6.07) is 17.3. The zero-order chi connectivity index (χ0) is 16.1. The molecular formula is C18H18ClN3O. The first-order chi connectivity index (χ1) is 11.2. The maximum absolute atomic E-state index is 11.9. The Labute approximate surface area is 140 Å². The van der Waals surface area contributed by atoms with Crippen molar-refractivity contribution in [2.75, 3.05) is 11.9 Å². The highest BCUT2D eigenvalue weighted by Crippen LogP contribution is 2.20. The van der Waals surface area contributed by atoms with Crippen molar-refractivity contribution in [2.24, 2.45) is 0 Å². The number of para-hydroxylation sites is 2. The quantitative estimate of drug-likeness (QED) is 0.666. The van der Waals surface area contributed by atoms with Crippen LogP contribution in [0.5, 0.6) is 0 Å². The highest BCUT2D eigenvalue weighted by atomic mass is 35.5. The van der Waals surface area contributed by atoms with Gasteiger partial charge in [-0.15, -0.1) is 0 Å². The van der Waals surface area contributed by atoms with Crippen LogP contribution in [-0.4, -0.2) is 17.1 Å². The molecule has 0 aliphatic rings. The van der Waals surface area contributed by atoms with Gasteiger partial charge in [0.2, 0.25) is 0 Å². The van der Waals surface area contributed by atoms with E-state index in [1.54, 1.807) is 12.1 Å². The molecule has 1 aromatic heterocycles. The molecule has 23 heavy (non-hydrogen) atoms. The molecule has 3 aromatic rings. The summed E-state index contributed by atoms with van der Waals surface area (Å²) in [7, 11) is 0. The van der Waals surface area contributed by atoms with Crippen LogP contribution in [0.1, 0.15) is 6.42 Å². The standard InChI is InChI=1S/C18H18ClN3O/c19-15-7-2-3-8-16(15)21-18(23)20-11-5-12-22-13-10-14-6-1-4-9-17(14)22/h1-4,6-10,13H,5,11-12H2,(H2,20,21,23). The van der Waals surface area contributed by atoms with E-state index in [-0.39, 0.29) is 6.03 Å². The van der Waals surface area contributed by atoms with Crippen LogP contribution in [-0.2, 0) is 6.54 Å². The number of hydrogen-bond donors (Lipinski definition) is 2. The molecule has 118 valence electrons. The average molecular weight is 328 g/mol. The van der Waals surface area contributed by atoms with Crippen molar-refractivity contribution in [3.05, 3.63) is 65.8 Å². The van der Waals surface area contributed by atoms with Gasteiger partial charge in [0.05, 0.1) is 10.7 Å². The molecule has 0 radical (unpaired) electrons. The molecule has 2 amide bonds. The van der Waals surface area contributed by atoms with Crippen LogP contribution in [0.15, 0.2) is 60.8 Å². The molecular weight excluding hydrogens is 310 g/mol. The van der Waals surface area contributed by atoms with Gasteiger partial charge in [0, 0.05) is 24.8 Å². The molecule has 1 heterocycles. The molecule has 0 bridgehead atoms. The maximum Gasteiger partial charge on any atom is 0.319 e. The van der Waals surface area contributed by atoms with Crippen LogP contribution in [0, 0.1) is 0 Å². The van der Waals surface area contributed by atoms with Crippen molar-refractivity contribution in [3.8, 4) is 0 Å². The minimum absolute atomic E-state index is 0.240. The first kappa shape index (κ1) is 15.4. The van der Waals surface area contributed by atoms with Gasteiger partial charge in [-0.05, 0) is 36.1 Å². The molecule has 0 fully saturated rings. The third-order valence-electron chi connectivity index (χ3n) is 3.66. The lowest BCUT2D eigenvalue weighted by Gasteiger charge is -2.09. The Morgan fingerprint density at radius 2 is 1.83 bits per heavy atom. The number of urea groups is 1.